The highest BCUT2D eigenvalue weighted by Crippen LogP contribution is 2.40. The molecular weight excluding hydrogens is 328 g/mol. The number of carbonyl (C=O) groups is 1. The van der Waals surface area contributed by atoms with Crippen LogP contribution in [0.4, 0.5) is 0 Å². The van der Waals surface area contributed by atoms with E-state index in [0.29, 0.717) is 29.3 Å². The van der Waals surface area contributed by atoms with E-state index in [0.717, 1.165) is 55.3 Å². The first kappa shape index (κ1) is 16.2. The number of carbonyl (C=O) groups excluding carboxylic acids is 1. The number of nitrogens with zero attached hydrogens (tertiary/aromatic N) is 2. The molecule has 1 saturated carbocycles. The Balaban J connectivity index is 1.47. The monoisotopic (exact) mass is 354 g/mol. The number of aryl methyl sites for hydroxylation is 1. The summed E-state index contributed by atoms with van der Waals surface area (Å²) < 4.78 is 5.49. The Morgan fingerprint density at radius 3 is 2.73 bits per heavy atom. The Bertz CT molecular complexity index is 830. The maximum absolute atomic E-state index is 13.2. The van der Waals surface area contributed by atoms with Gasteiger partial charge in [0.15, 0.2) is 0 Å². The molecule has 1 aliphatic carbocycles. The number of hydrogen-bond donors (Lipinski definition) is 2. The molecular formula is C20H26N4O2. The number of pyridine rings is 1. The van der Waals surface area contributed by atoms with Gasteiger partial charge in [0.1, 0.15) is 0 Å². The lowest BCUT2D eigenvalue weighted by molar-refractivity contribution is 0.0925. The molecule has 0 aromatic carbocycles. The van der Waals surface area contributed by atoms with Crippen LogP contribution in [0.3, 0.4) is 0 Å². The lowest BCUT2D eigenvalue weighted by Gasteiger charge is -2.29. The molecule has 3 aliphatic rings. The van der Waals surface area contributed by atoms with Gasteiger partial charge in [-0.3, -0.25) is 4.79 Å². The predicted octanol–water partition coefficient (Wildman–Crippen LogP) is 3.07. The van der Waals surface area contributed by atoms with Crippen LogP contribution in [-0.2, 0) is 6.42 Å². The van der Waals surface area contributed by atoms with Gasteiger partial charge in [0.25, 0.3) is 11.6 Å². The molecule has 1 amide bonds. The first-order valence-electron chi connectivity index (χ1n) is 10.1. The van der Waals surface area contributed by atoms with Gasteiger partial charge in [-0.25, -0.2) is 4.98 Å². The summed E-state index contributed by atoms with van der Waals surface area (Å²) in [4.78, 5) is 17.8. The summed E-state index contributed by atoms with van der Waals surface area (Å²) in [5.74, 6) is 0.478. The molecule has 26 heavy (non-hydrogen) atoms. The molecule has 2 atom stereocenters. The number of nitrogens with one attached hydrogen (secondary N) is 2. The Morgan fingerprint density at radius 1 is 1.27 bits per heavy atom. The lowest BCUT2D eigenvalue weighted by Crippen LogP contribution is -2.48. The Labute approximate surface area is 153 Å². The molecule has 2 N–H and O–H groups in total. The predicted molar refractivity (Wildman–Crippen MR) is 98.2 cm³/mol. The van der Waals surface area contributed by atoms with Gasteiger partial charge in [-0.1, -0.05) is 18.5 Å². The third kappa shape index (κ3) is 2.90. The molecule has 2 saturated heterocycles. The van der Waals surface area contributed by atoms with Gasteiger partial charge >= 0.3 is 0 Å². The van der Waals surface area contributed by atoms with Gasteiger partial charge < -0.3 is 15.2 Å². The molecule has 2 aromatic rings. The average Bonchev–Trinajstić information content (AvgIpc) is 3.33. The maximum atomic E-state index is 13.2. The fourth-order valence-corrected chi connectivity index (χ4v) is 4.64. The topological polar surface area (TPSA) is 80.0 Å². The summed E-state index contributed by atoms with van der Waals surface area (Å²) in [6, 6.07) is 3.36. The molecule has 5 rings (SSSR count). The highest BCUT2D eigenvalue weighted by molar-refractivity contribution is 6.06. The van der Waals surface area contributed by atoms with Gasteiger partial charge in [-0.2, -0.15) is 0 Å². The van der Waals surface area contributed by atoms with Crippen molar-refractivity contribution in [2.45, 2.75) is 82.3 Å². The normalized spacial score (nSPS) is 27.8. The molecule has 3 fully saturated rings. The Kier molecular flexibility index (Phi) is 3.96. The van der Waals surface area contributed by atoms with Crippen molar-refractivity contribution >= 4 is 17.0 Å². The van der Waals surface area contributed by atoms with Gasteiger partial charge in [-0.15, -0.1) is 0 Å². The SMILES string of the molecule is CCCc1noc2nc(C3CC3)cc(C(=O)NC3CC4CCC(C3)N4)c12. The quantitative estimate of drug-likeness (QED) is 0.862. The number of rotatable bonds is 5. The van der Waals surface area contributed by atoms with Crippen molar-refractivity contribution in [3.63, 3.8) is 0 Å². The molecule has 2 bridgehead atoms. The first-order chi connectivity index (χ1) is 12.7. The second-order valence-electron chi connectivity index (χ2n) is 8.21. The summed E-state index contributed by atoms with van der Waals surface area (Å²) in [6.07, 6.45) is 8.57. The average molecular weight is 354 g/mol. The number of hydrogen-bond acceptors (Lipinski definition) is 5. The third-order valence-corrected chi connectivity index (χ3v) is 6.07. The standard InChI is InChI=1S/C20H26N4O2/c1-2-3-16-18-15(10-17(11-4-5-11)23-20(18)26-24-16)19(25)22-14-8-12-6-7-13(9-14)21-12/h10-14,21H,2-9H2,1H3,(H,22,25). The summed E-state index contributed by atoms with van der Waals surface area (Å²) in [5.41, 5.74) is 3.06. The molecule has 138 valence electrons. The lowest BCUT2D eigenvalue weighted by atomic mass is 9.98. The van der Waals surface area contributed by atoms with Gasteiger partial charge in [0.05, 0.1) is 16.6 Å². The van der Waals surface area contributed by atoms with Crippen molar-refractivity contribution in [1.29, 1.82) is 0 Å². The van der Waals surface area contributed by atoms with E-state index in [2.05, 4.69) is 27.7 Å². The van der Waals surface area contributed by atoms with Crippen LogP contribution in [0.2, 0.25) is 0 Å². The zero-order chi connectivity index (χ0) is 17.7. The van der Waals surface area contributed by atoms with E-state index in [1.807, 2.05) is 6.07 Å². The summed E-state index contributed by atoms with van der Waals surface area (Å²) >= 11 is 0. The molecule has 0 spiro atoms. The van der Waals surface area contributed by atoms with E-state index in [1.165, 1.54) is 12.8 Å². The summed E-state index contributed by atoms with van der Waals surface area (Å²) in [6.45, 7) is 2.11. The number of aromatic nitrogens is 2. The van der Waals surface area contributed by atoms with E-state index in [4.69, 9.17) is 4.52 Å². The summed E-state index contributed by atoms with van der Waals surface area (Å²) in [7, 11) is 0. The molecule has 2 aliphatic heterocycles. The third-order valence-electron chi connectivity index (χ3n) is 6.07. The van der Waals surface area contributed by atoms with Crippen molar-refractivity contribution in [3.05, 3.63) is 23.0 Å². The van der Waals surface area contributed by atoms with Gasteiger partial charge in [0, 0.05) is 29.7 Å². The van der Waals surface area contributed by atoms with E-state index in [-0.39, 0.29) is 11.9 Å². The summed E-state index contributed by atoms with van der Waals surface area (Å²) in [5, 5.41) is 11.9. The highest BCUT2D eigenvalue weighted by Gasteiger charge is 2.35. The van der Waals surface area contributed by atoms with Crippen LogP contribution < -0.4 is 10.6 Å². The van der Waals surface area contributed by atoms with Crippen LogP contribution in [0.1, 0.15) is 79.5 Å². The number of piperidine rings is 1. The molecule has 2 aromatic heterocycles. The smallest absolute Gasteiger partial charge is 0.259 e. The fourth-order valence-electron chi connectivity index (χ4n) is 4.64. The van der Waals surface area contributed by atoms with Crippen LogP contribution in [0.5, 0.6) is 0 Å². The second-order valence-corrected chi connectivity index (χ2v) is 8.21. The van der Waals surface area contributed by atoms with Crippen LogP contribution in [0, 0.1) is 0 Å². The van der Waals surface area contributed by atoms with E-state index < -0.39 is 0 Å². The van der Waals surface area contributed by atoms with Crippen molar-refractivity contribution < 1.29 is 9.32 Å². The van der Waals surface area contributed by atoms with Crippen LogP contribution in [0.15, 0.2) is 10.6 Å². The van der Waals surface area contributed by atoms with Crippen molar-refractivity contribution in [2.24, 2.45) is 0 Å². The molecule has 0 radical (unpaired) electrons. The minimum Gasteiger partial charge on any atom is -0.349 e. The second kappa shape index (κ2) is 6.34. The van der Waals surface area contributed by atoms with E-state index >= 15 is 0 Å². The van der Waals surface area contributed by atoms with E-state index in [1.54, 1.807) is 0 Å². The fraction of sp³-hybridized carbons (Fsp3) is 0.650. The van der Waals surface area contributed by atoms with Gasteiger partial charge in [0.2, 0.25) is 0 Å². The van der Waals surface area contributed by atoms with Crippen LogP contribution in [-0.4, -0.2) is 34.2 Å². The number of fused-ring (bicyclic) bond motifs is 3. The van der Waals surface area contributed by atoms with Crippen molar-refractivity contribution in [2.75, 3.05) is 0 Å². The van der Waals surface area contributed by atoms with Crippen molar-refractivity contribution in [3.8, 4) is 0 Å². The Hall–Kier alpha value is -1.95. The minimum atomic E-state index is 0.00570. The maximum Gasteiger partial charge on any atom is 0.259 e. The zero-order valence-corrected chi connectivity index (χ0v) is 15.3. The Morgan fingerprint density at radius 2 is 2.04 bits per heavy atom. The van der Waals surface area contributed by atoms with Crippen molar-refractivity contribution in [1.82, 2.24) is 20.8 Å². The van der Waals surface area contributed by atoms with Gasteiger partial charge in [-0.05, 0) is 51.0 Å². The largest absolute Gasteiger partial charge is 0.349 e. The molecule has 6 heteroatoms. The minimum absolute atomic E-state index is 0.00570. The van der Waals surface area contributed by atoms with E-state index in [9.17, 15) is 4.79 Å². The zero-order valence-electron chi connectivity index (χ0n) is 15.3. The highest BCUT2D eigenvalue weighted by atomic mass is 16.5. The first-order valence-corrected chi connectivity index (χ1v) is 10.1. The molecule has 4 heterocycles. The molecule has 6 nitrogen and oxygen atoms in total. The van der Waals surface area contributed by atoms with Crippen LogP contribution in [0.25, 0.3) is 11.1 Å². The molecule has 2 unspecified atom stereocenters. The van der Waals surface area contributed by atoms with Crippen LogP contribution >= 0.6 is 0 Å². The number of amides is 1.